The van der Waals surface area contributed by atoms with E-state index in [-0.39, 0.29) is 23.8 Å². The highest BCUT2D eigenvalue weighted by Gasteiger charge is 2.28. The summed E-state index contributed by atoms with van der Waals surface area (Å²) in [4.78, 5) is 38.3. The van der Waals surface area contributed by atoms with E-state index in [1.165, 1.54) is 6.21 Å². The molecule has 0 aliphatic carbocycles. The summed E-state index contributed by atoms with van der Waals surface area (Å²) in [6.07, 6.45) is 4.79. The van der Waals surface area contributed by atoms with Crippen LogP contribution in [0, 0.1) is 11.3 Å². The second-order valence-corrected chi connectivity index (χ2v) is 8.32. The highest BCUT2D eigenvalue weighted by atomic mass is 16.5. The van der Waals surface area contributed by atoms with Crippen LogP contribution in [0.1, 0.15) is 41.4 Å². The summed E-state index contributed by atoms with van der Waals surface area (Å²) < 4.78 is 5.32. The molecule has 0 radical (unpaired) electrons. The SMILES string of the molecule is N=CCC(NC(=O)C1CCN(c2nccc(C(=O)N3CCOCC3)n2)CC1)c1ccccc1. The number of hydrogen-bond donors (Lipinski definition) is 2. The fraction of sp³-hybridized carbons (Fsp3) is 0.458. The Labute approximate surface area is 193 Å². The Morgan fingerprint density at radius 3 is 2.55 bits per heavy atom. The van der Waals surface area contributed by atoms with E-state index in [0.717, 1.165) is 5.56 Å². The molecule has 33 heavy (non-hydrogen) atoms. The Morgan fingerprint density at radius 2 is 1.85 bits per heavy atom. The van der Waals surface area contributed by atoms with Gasteiger partial charge in [-0.25, -0.2) is 9.97 Å². The molecule has 1 atom stereocenters. The molecule has 0 spiro atoms. The maximum atomic E-state index is 12.9. The first-order valence-electron chi connectivity index (χ1n) is 11.4. The number of anilines is 1. The number of piperidine rings is 1. The van der Waals surface area contributed by atoms with Crippen LogP contribution in [-0.2, 0) is 9.53 Å². The fourth-order valence-corrected chi connectivity index (χ4v) is 4.26. The number of nitrogens with zero attached hydrogens (tertiary/aromatic N) is 4. The summed E-state index contributed by atoms with van der Waals surface area (Å²) >= 11 is 0. The van der Waals surface area contributed by atoms with Crippen molar-refractivity contribution >= 4 is 24.0 Å². The third-order valence-electron chi connectivity index (χ3n) is 6.18. The van der Waals surface area contributed by atoms with Gasteiger partial charge in [-0.15, -0.1) is 0 Å². The van der Waals surface area contributed by atoms with E-state index in [9.17, 15) is 9.59 Å². The molecule has 174 valence electrons. The first-order valence-corrected chi connectivity index (χ1v) is 11.4. The Bertz CT molecular complexity index is 956. The zero-order valence-electron chi connectivity index (χ0n) is 18.7. The van der Waals surface area contributed by atoms with Crippen LogP contribution in [0.2, 0.25) is 0 Å². The van der Waals surface area contributed by atoms with Crippen LogP contribution in [-0.4, -0.2) is 72.3 Å². The van der Waals surface area contributed by atoms with Crippen LogP contribution in [0.15, 0.2) is 42.6 Å². The van der Waals surface area contributed by atoms with Crippen molar-refractivity contribution in [1.29, 1.82) is 5.41 Å². The van der Waals surface area contributed by atoms with E-state index in [1.54, 1.807) is 17.2 Å². The van der Waals surface area contributed by atoms with Gasteiger partial charge in [0, 0.05) is 44.7 Å². The zero-order chi connectivity index (χ0) is 23.0. The molecule has 2 N–H and O–H groups in total. The summed E-state index contributed by atoms with van der Waals surface area (Å²) in [7, 11) is 0. The molecule has 2 aliphatic rings. The highest BCUT2D eigenvalue weighted by Crippen LogP contribution is 2.23. The highest BCUT2D eigenvalue weighted by molar-refractivity contribution is 5.92. The van der Waals surface area contributed by atoms with Crippen molar-refractivity contribution in [2.75, 3.05) is 44.3 Å². The van der Waals surface area contributed by atoms with Gasteiger partial charge in [-0.1, -0.05) is 30.3 Å². The Kier molecular flexibility index (Phi) is 7.62. The molecule has 1 unspecified atom stereocenters. The molecule has 3 heterocycles. The summed E-state index contributed by atoms with van der Waals surface area (Å²) in [6, 6.07) is 11.2. The molecule has 2 amide bonds. The third-order valence-corrected chi connectivity index (χ3v) is 6.18. The van der Waals surface area contributed by atoms with Gasteiger partial charge in [0.05, 0.1) is 19.3 Å². The first kappa shape index (κ1) is 22.8. The van der Waals surface area contributed by atoms with Crippen LogP contribution >= 0.6 is 0 Å². The van der Waals surface area contributed by atoms with Gasteiger partial charge in [0.2, 0.25) is 11.9 Å². The van der Waals surface area contributed by atoms with Gasteiger partial charge in [0.1, 0.15) is 5.69 Å². The molecule has 9 heteroatoms. The number of ether oxygens (including phenoxy) is 1. The number of benzene rings is 1. The largest absolute Gasteiger partial charge is 0.378 e. The standard InChI is InChI=1S/C24H30N6O3/c25-10-6-20(18-4-2-1-3-5-18)27-22(31)19-8-12-30(13-9-19)24-26-11-7-21(28-24)23(32)29-14-16-33-17-15-29/h1-5,7,10-11,19-20,25H,6,8-9,12-17H2,(H,27,31). The molecule has 2 saturated heterocycles. The Morgan fingerprint density at radius 1 is 1.12 bits per heavy atom. The molecule has 9 nitrogen and oxygen atoms in total. The molecule has 0 bridgehead atoms. The van der Waals surface area contributed by atoms with Crippen LogP contribution < -0.4 is 10.2 Å². The van der Waals surface area contributed by atoms with Crippen molar-refractivity contribution < 1.29 is 14.3 Å². The quantitative estimate of drug-likeness (QED) is 0.625. The lowest BCUT2D eigenvalue weighted by Crippen LogP contribution is -2.43. The minimum absolute atomic E-state index is 0.0162. The lowest BCUT2D eigenvalue weighted by atomic mass is 9.94. The fourth-order valence-electron chi connectivity index (χ4n) is 4.26. The number of hydrogen-bond acceptors (Lipinski definition) is 7. The maximum absolute atomic E-state index is 12.9. The number of nitrogens with one attached hydrogen (secondary N) is 2. The smallest absolute Gasteiger partial charge is 0.272 e. The van der Waals surface area contributed by atoms with E-state index in [1.807, 2.05) is 35.2 Å². The summed E-state index contributed by atoms with van der Waals surface area (Å²) in [5.74, 6) is 0.340. The van der Waals surface area contributed by atoms with Gasteiger partial charge in [-0.3, -0.25) is 9.59 Å². The van der Waals surface area contributed by atoms with E-state index in [2.05, 4.69) is 15.3 Å². The van der Waals surface area contributed by atoms with Gasteiger partial charge in [0.25, 0.3) is 5.91 Å². The van der Waals surface area contributed by atoms with E-state index >= 15 is 0 Å². The summed E-state index contributed by atoms with van der Waals surface area (Å²) in [5.41, 5.74) is 1.39. The minimum atomic E-state index is -0.194. The molecular weight excluding hydrogens is 420 g/mol. The van der Waals surface area contributed by atoms with Crippen molar-refractivity contribution in [3.63, 3.8) is 0 Å². The van der Waals surface area contributed by atoms with Gasteiger partial charge in [-0.2, -0.15) is 0 Å². The van der Waals surface area contributed by atoms with Crippen LogP contribution in [0.4, 0.5) is 5.95 Å². The summed E-state index contributed by atoms with van der Waals surface area (Å²) in [6.45, 7) is 3.53. The summed E-state index contributed by atoms with van der Waals surface area (Å²) in [5, 5.41) is 10.6. The maximum Gasteiger partial charge on any atom is 0.272 e. The number of carbonyl (C=O) groups excluding carboxylic acids is 2. The van der Waals surface area contributed by atoms with Crippen molar-refractivity contribution in [3.8, 4) is 0 Å². The van der Waals surface area contributed by atoms with Crippen LogP contribution in [0.3, 0.4) is 0 Å². The zero-order valence-corrected chi connectivity index (χ0v) is 18.7. The molecule has 1 aromatic carbocycles. The molecule has 2 aromatic rings. The second-order valence-electron chi connectivity index (χ2n) is 8.32. The Hall–Kier alpha value is -3.33. The van der Waals surface area contributed by atoms with E-state index in [0.29, 0.717) is 70.3 Å². The Balaban J connectivity index is 1.34. The van der Waals surface area contributed by atoms with Crippen LogP contribution in [0.5, 0.6) is 0 Å². The monoisotopic (exact) mass is 450 g/mol. The minimum Gasteiger partial charge on any atom is -0.378 e. The second kappa shape index (κ2) is 11.0. The van der Waals surface area contributed by atoms with Gasteiger partial charge < -0.3 is 25.3 Å². The predicted octanol–water partition coefficient (Wildman–Crippen LogP) is 2.06. The van der Waals surface area contributed by atoms with Crippen molar-refractivity contribution in [2.45, 2.75) is 25.3 Å². The average molecular weight is 451 g/mol. The van der Waals surface area contributed by atoms with E-state index in [4.69, 9.17) is 10.1 Å². The normalized spacial score (nSPS) is 17.9. The molecular formula is C24H30N6O3. The van der Waals surface area contributed by atoms with Gasteiger partial charge >= 0.3 is 0 Å². The number of morpholine rings is 1. The average Bonchev–Trinajstić information content (AvgIpc) is 2.89. The van der Waals surface area contributed by atoms with Crippen molar-refractivity contribution in [1.82, 2.24) is 20.2 Å². The van der Waals surface area contributed by atoms with Crippen molar-refractivity contribution in [3.05, 3.63) is 53.9 Å². The lowest BCUT2D eigenvalue weighted by molar-refractivity contribution is -0.126. The number of amides is 2. The van der Waals surface area contributed by atoms with E-state index < -0.39 is 0 Å². The first-order chi connectivity index (χ1) is 16.2. The van der Waals surface area contributed by atoms with Crippen molar-refractivity contribution in [2.24, 2.45) is 5.92 Å². The number of aromatic nitrogens is 2. The third kappa shape index (κ3) is 5.73. The topological polar surface area (TPSA) is 112 Å². The van der Waals surface area contributed by atoms with Gasteiger partial charge in [0.15, 0.2) is 0 Å². The molecule has 2 fully saturated rings. The number of carbonyl (C=O) groups is 2. The van der Waals surface area contributed by atoms with Crippen LogP contribution in [0.25, 0.3) is 0 Å². The molecule has 4 rings (SSSR count). The molecule has 2 aliphatic heterocycles. The lowest BCUT2D eigenvalue weighted by Gasteiger charge is -2.32. The van der Waals surface area contributed by atoms with Gasteiger partial charge in [-0.05, 0) is 30.7 Å². The molecule has 0 saturated carbocycles. The molecule has 1 aromatic heterocycles. The predicted molar refractivity (Wildman–Crippen MR) is 124 cm³/mol. The number of rotatable bonds is 7.